The molecular formula is C19H21BrN2O3S2. The largest absolute Gasteiger partial charge is 0.307 e. The van der Waals surface area contributed by atoms with Crippen LogP contribution >= 0.6 is 27.3 Å². The van der Waals surface area contributed by atoms with Crippen LogP contribution < -0.4 is 4.90 Å². The summed E-state index contributed by atoms with van der Waals surface area (Å²) in [5.41, 5.74) is 1.99. The number of anilines is 1. The van der Waals surface area contributed by atoms with Gasteiger partial charge in [0.05, 0.1) is 0 Å². The molecule has 0 atom stereocenters. The Morgan fingerprint density at radius 1 is 1.04 bits per heavy atom. The highest BCUT2D eigenvalue weighted by Gasteiger charge is 2.33. The Morgan fingerprint density at radius 2 is 1.81 bits per heavy atom. The van der Waals surface area contributed by atoms with E-state index in [1.165, 1.54) is 15.6 Å². The SMILES string of the molecule is O=C(c1sccc1S(=O)(=O)N1CCCCC1)N1CCCc2cc(Br)ccc21. The van der Waals surface area contributed by atoms with Crippen molar-refractivity contribution in [3.63, 3.8) is 0 Å². The summed E-state index contributed by atoms with van der Waals surface area (Å²) in [6.07, 6.45) is 4.60. The topological polar surface area (TPSA) is 57.7 Å². The minimum absolute atomic E-state index is 0.156. The first kappa shape index (κ1) is 19.1. The molecular weight excluding hydrogens is 448 g/mol. The molecule has 1 aromatic heterocycles. The van der Waals surface area contributed by atoms with Crippen LogP contribution in [0.25, 0.3) is 0 Å². The number of sulfonamides is 1. The van der Waals surface area contributed by atoms with Crippen LogP contribution in [0.1, 0.15) is 40.9 Å². The zero-order chi connectivity index (χ0) is 19.0. The van der Waals surface area contributed by atoms with Crippen LogP contribution in [0.4, 0.5) is 5.69 Å². The highest BCUT2D eigenvalue weighted by Crippen LogP contribution is 2.34. The number of carbonyl (C=O) groups excluding carboxylic acids is 1. The number of piperidine rings is 1. The number of rotatable bonds is 3. The van der Waals surface area contributed by atoms with E-state index in [0.717, 1.165) is 47.8 Å². The Morgan fingerprint density at radius 3 is 2.59 bits per heavy atom. The lowest BCUT2D eigenvalue weighted by Gasteiger charge is -2.30. The minimum Gasteiger partial charge on any atom is -0.307 e. The number of aryl methyl sites for hydroxylation is 1. The van der Waals surface area contributed by atoms with Gasteiger partial charge in [0.25, 0.3) is 5.91 Å². The Labute approximate surface area is 172 Å². The maximum Gasteiger partial charge on any atom is 0.269 e. The average molecular weight is 469 g/mol. The van der Waals surface area contributed by atoms with Gasteiger partial charge in [0.1, 0.15) is 9.77 Å². The monoisotopic (exact) mass is 468 g/mol. The summed E-state index contributed by atoms with van der Waals surface area (Å²) in [6.45, 7) is 1.67. The summed E-state index contributed by atoms with van der Waals surface area (Å²) in [5.74, 6) is -0.219. The molecule has 0 N–H and O–H groups in total. The van der Waals surface area contributed by atoms with Crippen LogP contribution in [-0.2, 0) is 16.4 Å². The number of hydrogen-bond donors (Lipinski definition) is 0. The van der Waals surface area contributed by atoms with Gasteiger partial charge in [-0.2, -0.15) is 4.31 Å². The van der Waals surface area contributed by atoms with Gasteiger partial charge in [0.2, 0.25) is 10.0 Å². The summed E-state index contributed by atoms with van der Waals surface area (Å²) in [5, 5.41) is 1.70. The van der Waals surface area contributed by atoms with Gasteiger partial charge in [-0.3, -0.25) is 4.79 Å². The van der Waals surface area contributed by atoms with Gasteiger partial charge in [-0.1, -0.05) is 22.4 Å². The van der Waals surface area contributed by atoms with E-state index < -0.39 is 10.0 Å². The van der Waals surface area contributed by atoms with E-state index in [-0.39, 0.29) is 10.8 Å². The predicted octanol–water partition coefficient (Wildman–Crippen LogP) is 4.28. The van der Waals surface area contributed by atoms with Crippen molar-refractivity contribution in [1.82, 2.24) is 4.31 Å². The van der Waals surface area contributed by atoms with Crippen molar-refractivity contribution in [1.29, 1.82) is 0 Å². The van der Waals surface area contributed by atoms with E-state index in [4.69, 9.17) is 0 Å². The van der Waals surface area contributed by atoms with Gasteiger partial charge in [0.15, 0.2) is 0 Å². The van der Waals surface area contributed by atoms with Crippen molar-refractivity contribution in [2.45, 2.75) is 37.0 Å². The number of hydrogen-bond acceptors (Lipinski definition) is 4. The molecule has 0 bridgehead atoms. The van der Waals surface area contributed by atoms with Crippen molar-refractivity contribution in [3.05, 3.63) is 44.6 Å². The van der Waals surface area contributed by atoms with Crippen LogP contribution in [-0.4, -0.2) is 38.3 Å². The second-order valence-corrected chi connectivity index (χ2v) is 10.7. The molecule has 3 heterocycles. The fourth-order valence-corrected chi connectivity index (χ4v) is 7.07. The fraction of sp³-hybridized carbons (Fsp3) is 0.421. The molecule has 1 saturated heterocycles. The first-order valence-electron chi connectivity index (χ1n) is 9.16. The molecule has 0 unspecified atom stereocenters. The predicted molar refractivity (Wildman–Crippen MR) is 111 cm³/mol. The molecule has 144 valence electrons. The van der Waals surface area contributed by atoms with Crippen molar-refractivity contribution >= 4 is 48.9 Å². The van der Waals surface area contributed by atoms with Crippen LogP contribution in [0, 0.1) is 0 Å². The van der Waals surface area contributed by atoms with Crippen molar-refractivity contribution < 1.29 is 13.2 Å². The third-order valence-electron chi connectivity index (χ3n) is 5.16. The lowest BCUT2D eigenvalue weighted by molar-refractivity contribution is 0.0986. The summed E-state index contributed by atoms with van der Waals surface area (Å²) >= 11 is 4.70. The Hall–Kier alpha value is -1.22. The quantitative estimate of drug-likeness (QED) is 0.675. The Kier molecular flexibility index (Phi) is 5.42. The summed E-state index contributed by atoms with van der Waals surface area (Å²) in [4.78, 5) is 15.5. The molecule has 8 heteroatoms. The molecule has 4 rings (SSSR count). The van der Waals surface area contributed by atoms with Gasteiger partial charge in [-0.15, -0.1) is 11.3 Å². The molecule has 2 aliphatic heterocycles. The van der Waals surface area contributed by atoms with Gasteiger partial charge in [-0.25, -0.2) is 8.42 Å². The smallest absolute Gasteiger partial charge is 0.269 e. The van der Waals surface area contributed by atoms with E-state index in [1.807, 2.05) is 18.2 Å². The van der Waals surface area contributed by atoms with Gasteiger partial charge >= 0.3 is 0 Å². The van der Waals surface area contributed by atoms with Crippen LogP contribution in [0.15, 0.2) is 39.0 Å². The Bertz CT molecular complexity index is 965. The highest BCUT2D eigenvalue weighted by molar-refractivity contribution is 9.10. The number of amides is 1. The maximum atomic E-state index is 13.3. The molecule has 5 nitrogen and oxygen atoms in total. The number of halogens is 1. The number of fused-ring (bicyclic) bond motifs is 1. The molecule has 2 aliphatic rings. The Balaban J connectivity index is 1.68. The van der Waals surface area contributed by atoms with Crippen LogP contribution in [0.5, 0.6) is 0 Å². The second kappa shape index (κ2) is 7.66. The van der Waals surface area contributed by atoms with E-state index in [2.05, 4.69) is 15.9 Å². The zero-order valence-electron chi connectivity index (χ0n) is 14.9. The number of thiophene rings is 1. The number of benzene rings is 1. The molecule has 0 aliphatic carbocycles. The van der Waals surface area contributed by atoms with Crippen molar-refractivity contribution in [2.24, 2.45) is 0 Å². The van der Waals surface area contributed by atoms with Gasteiger partial charge in [0, 0.05) is 29.8 Å². The van der Waals surface area contributed by atoms with Crippen LogP contribution in [0.2, 0.25) is 0 Å². The molecule has 0 spiro atoms. The highest BCUT2D eigenvalue weighted by atomic mass is 79.9. The van der Waals surface area contributed by atoms with Crippen LogP contribution in [0.3, 0.4) is 0 Å². The second-order valence-electron chi connectivity index (χ2n) is 6.91. The van der Waals surface area contributed by atoms with Gasteiger partial charge in [-0.05, 0) is 60.9 Å². The fourth-order valence-electron chi connectivity index (χ4n) is 3.80. The minimum atomic E-state index is -3.63. The normalized spacial score (nSPS) is 18.3. The summed E-state index contributed by atoms with van der Waals surface area (Å²) in [6, 6.07) is 7.47. The lowest BCUT2D eigenvalue weighted by atomic mass is 10.0. The summed E-state index contributed by atoms with van der Waals surface area (Å²) in [7, 11) is -3.63. The standard InChI is InChI=1S/C19H21BrN2O3S2/c20-15-6-7-16-14(13-15)5-4-11-22(16)19(23)18-17(8-12-26-18)27(24,25)21-9-2-1-3-10-21/h6-8,12-13H,1-5,9-11H2. The molecule has 27 heavy (non-hydrogen) atoms. The van der Waals surface area contributed by atoms with Crippen molar-refractivity contribution in [3.8, 4) is 0 Å². The average Bonchev–Trinajstić information content (AvgIpc) is 3.18. The van der Waals surface area contributed by atoms with E-state index in [0.29, 0.717) is 24.5 Å². The first-order chi connectivity index (χ1) is 13.0. The lowest BCUT2D eigenvalue weighted by Crippen LogP contribution is -2.38. The third-order valence-corrected chi connectivity index (χ3v) is 8.63. The summed E-state index contributed by atoms with van der Waals surface area (Å²) < 4.78 is 28.7. The number of nitrogens with zero attached hydrogens (tertiary/aromatic N) is 2. The van der Waals surface area contributed by atoms with Gasteiger partial charge < -0.3 is 4.90 Å². The molecule has 0 saturated carbocycles. The molecule has 0 radical (unpaired) electrons. The number of carbonyl (C=O) groups is 1. The molecule has 1 amide bonds. The van der Waals surface area contributed by atoms with E-state index in [1.54, 1.807) is 16.3 Å². The molecule has 1 aromatic carbocycles. The van der Waals surface area contributed by atoms with E-state index in [9.17, 15) is 13.2 Å². The van der Waals surface area contributed by atoms with E-state index >= 15 is 0 Å². The third kappa shape index (κ3) is 3.60. The maximum absolute atomic E-state index is 13.3. The zero-order valence-corrected chi connectivity index (χ0v) is 18.1. The molecule has 2 aromatic rings. The van der Waals surface area contributed by atoms with Crippen molar-refractivity contribution in [2.75, 3.05) is 24.5 Å². The molecule has 1 fully saturated rings. The first-order valence-corrected chi connectivity index (χ1v) is 12.3.